The number of nitrogens with zero attached hydrogens (tertiary/aromatic N) is 1. The van der Waals surface area contributed by atoms with Crippen LogP contribution >= 0.6 is 0 Å². The van der Waals surface area contributed by atoms with Crippen molar-refractivity contribution in [2.75, 3.05) is 26.3 Å². The molecule has 0 aromatic heterocycles. The van der Waals surface area contributed by atoms with Crippen LogP contribution in [0.3, 0.4) is 0 Å². The highest BCUT2D eigenvalue weighted by molar-refractivity contribution is 4.70. The van der Waals surface area contributed by atoms with Crippen molar-refractivity contribution in [2.24, 2.45) is 0 Å². The summed E-state index contributed by atoms with van der Waals surface area (Å²) in [5.74, 6) is 0. The van der Waals surface area contributed by atoms with Crippen LogP contribution in [-0.4, -0.2) is 31.2 Å². The summed E-state index contributed by atoms with van der Waals surface area (Å²) in [5.41, 5.74) is 0. The summed E-state index contributed by atoms with van der Waals surface area (Å²) >= 11 is 0. The molecule has 0 saturated carbocycles. The van der Waals surface area contributed by atoms with Crippen LogP contribution in [0.4, 0.5) is 0 Å². The van der Waals surface area contributed by atoms with E-state index in [1.54, 1.807) is 0 Å². The maximum Gasteiger partial charge on any atom is 0.0481 e. The SMILES string of the molecule is C=CCCCN1CCNC1. The summed E-state index contributed by atoms with van der Waals surface area (Å²) < 4.78 is 0. The minimum Gasteiger partial charge on any atom is -0.303 e. The van der Waals surface area contributed by atoms with Crippen molar-refractivity contribution < 1.29 is 0 Å². The molecule has 10 heavy (non-hydrogen) atoms. The van der Waals surface area contributed by atoms with Crippen molar-refractivity contribution in [3.63, 3.8) is 0 Å². The maximum atomic E-state index is 3.69. The highest BCUT2D eigenvalue weighted by Crippen LogP contribution is 1.97. The van der Waals surface area contributed by atoms with Gasteiger partial charge >= 0.3 is 0 Å². The molecule has 0 amide bonds. The standard InChI is InChI=1S/C8H16N2/c1-2-3-4-6-10-7-5-9-8-10/h2,9H,1,3-8H2. The molecule has 1 heterocycles. The summed E-state index contributed by atoms with van der Waals surface area (Å²) in [5, 5.41) is 3.30. The Hall–Kier alpha value is -0.340. The molecule has 2 nitrogen and oxygen atoms in total. The zero-order valence-corrected chi connectivity index (χ0v) is 6.47. The Labute approximate surface area is 62.9 Å². The van der Waals surface area contributed by atoms with Crippen molar-refractivity contribution in [3.8, 4) is 0 Å². The van der Waals surface area contributed by atoms with Gasteiger partial charge in [-0.3, -0.25) is 4.90 Å². The Bertz CT molecular complexity index is 95.4. The van der Waals surface area contributed by atoms with E-state index in [4.69, 9.17) is 0 Å². The first-order valence-electron chi connectivity index (χ1n) is 3.97. The molecular weight excluding hydrogens is 124 g/mol. The first-order valence-corrected chi connectivity index (χ1v) is 3.97. The Morgan fingerprint density at radius 3 is 3.10 bits per heavy atom. The third-order valence-electron chi connectivity index (χ3n) is 1.82. The molecule has 0 atom stereocenters. The number of hydrogen-bond donors (Lipinski definition) is 1. The monoisotopic (exact) mass is 140 g/mol. The molecule has 1 N–H and O–H groups in total. The predicted octanol–water partition coefficient (Wildman–Crippen LogP) is 0.815. The van der Waals surface area contributed by atoms with Gasteiger partial charge in [0.15, 0.2) is 0 Å². The molecule has 1 saturated heterocycles. The zero-order chi connectivity index (χ0) is 7.23. The van der Waals surface area contributed by atoms with Crippen LogP contribution in [0.1, 0.15) is 12.8 Å². The highest BCUT2D eigenvalue weighted by atomic mass is 15.3. The first kappa shape index (κ1) is 7.76. The number of unbranched alkanes of at least 4 members (excludes halogenated alkanes) is 1. The summed E-state index contributed by atoms with van der Waals surface area (Å²) in [6, 6.07) is 0. The fourth-order valence-electron chi connectivity index (χ4n) is 1.20. The second-order valence-electron chi connectivity index (χ2n) is 2.71. The van der Waals surface area contributed by atoms with Gasteiger partial charge in [-0.1, -0.05) is 6.08 Å². The van der Waals surface area contributed by atoms with E-state index in [0.717, 1.165) is 19.6 Å². The fourth-order valence-corrected chi connectivity index (χ4v) is 1.20. The van der Waals surface area contributed by atoms with Crippen LogP contribution in [0.5, 0.6) is 0 Å². The molecule has 1 aliphatic heterocycles. The van der Waals surface area contributed by atoms with Gasteiger partial charge in [-0.15, -0.1) is 6.58 Å². The topological polar surface area (TPSA) is 15.3 Å². The van der Waals surface area contributed by atoms with Crippen molar-refractivity contribution in [1.29, 1.82) is 0 Å². The molecule has 1 rings (SSSR count). The minimum atomic E-state index is 1.08. The molecule has 0 radical (unpaired) electrons. The van der Waals surface area contributed by atoms with Crippen LogP contribution in [0, 0.1) is 0 Å². The predicted molar refractivity (Wildman–Crippen MR) is 43.9 cm³/mol. The first-order chi connectivity index (χ1) is 4.93. The van der Waals surface area contributed by atoms with Crippen LogP contribution in [0.15, 0.2) is 12.7 Å². The van der Waals surface area contributed by atoms with Gasteiger partial charge in [0, 0.05) is 19.8 Å². The van der Waals surface area contributed by atoms with Crippen molar-refractivity contribution in [1.82, 2.24) is 10.2 Å². The van der Waals surface area contributed by atoms with E-state index in [1.165, 1.54) is 19.5 Å². The third-order valence-corrected chi connectivity index (χ3v) is 1.82. The van der Waals surface area contributed by atoms with E-state index in [1.807, 2.05) is 6.08 Å². The van der Waals surface area contributed by atoms with Crippen LogP contribution < -0.4 is 5.32 Å². The maximum absolute atomic E-state index is 3.69. The van der Waals surface area contributed by atoms with E-state index >= 15 is 0 Å². The molecule has 0 unspecified atom stereocenters. The average Bonchev–Trinajstić information content (AvgIpc) is 2.41. The lowest BCUT2D eigenvalue weighted by Crippen LogP contribution is -2.22. The van der Waals surface area contributed by atoms with Crippen LogP contribution in [0.2, 0.25) is 0 Å². The normalized spacial score (nSPS) is 19.6. The van der Waals surface area contributed by atoms with Crippen molar-refractivity contribution in [3.05, 3.63) is 12.7 Å². The van der Waals surface area contributed by atoms with Crippen LogP contribution in [0.25, 0.3) is 0 Å². The van der Waals surface area contributed by atoms with Gasteiger partial charge in [-0.05, 0) is 19.4 Å². The van der Waals surface area contributed by atoms with Gasteiger partial charge in [-0.2, -0.15) is 0 Å². The average molecular weight is 140 g/mol. The number of rotatable bonds is 4. The summed E-state index contributed by atoms with van der Waals surface area (Å²) in [6.07, 6.45) is 4.39. The number of nitrogens with one attached hydrogen (secondary N) is 1. The summed E-state index contributed by atoms with van der Waals surface area (Å²) in [7, 11) is 0. The highest BCUT2D eigenvalue weighted by Gasteiger charge is 2.08. The lowest BCUT2D eigenvalue weighted by molar-refractivity contribution is 0.331. The van der Waals surface area contributed by atoms with Crippen molar-refractivity contribution >= 4 is 0 Å². The number of allylic oxidation sites excluding steroid dienone is 1. The van der Waals surface area contributed by atoms with Crippen molar-refractivity contribution in [2.45, 2.75) is 12.8 Å². The Balaban J connectivity index is 1.96. The number of hydrogen-bond acceptors (Lipinski definition) is 2. The minimum absolute atomic E-state index is 1.08. The molecule has 0 aromatic carbocycles. The molecule has 58 valence electrons. The quantitative estimate of drug-likeness (QED) is 0.459. The molecule has 0 spiro atoms. The largest absolute Gasteiger partial charge is 0.303 e. The smallest absolute Gasteiger partial charge is 0.0481 e. The van der Waals surface area contributed by atoms with E-state index in [9.17, 15) is 0 Å². The molecule has 2 heteroatoms. The van der Waals surface area contributed by atoms with Gasteiger partial charge in [0.2, 0.25) is 0 Å². The lowest BCUT2D eigenvalue weighted by Gasteiger charge is -2.11. The second-order valence-corrected chi connectivity index (χ2v) is 2.71. The van der Waals surface area contributed by atoms with Gasteiger partial charge in [0.05, 0.1) is 0 Å². The Morgan fingerprint density at radius 2 is 2.50 bits per heavy atom. The molecule has 0 aliphatic carbocycles. The molecule has 0 bridgehead atoms. The van der Waals surface area contributed by atoms with E-state index in [2.05, 4.69) is 16.8 Å². The van der Waals surface area contributed by atoms with Gasteiger partial charge in [-0.25, -0.2) is 0 Å². The Morgan fingerprint density at radius 1 is 1.60 bits per heavy atom. The molecule has 1 fully saturated rings. The van der Waals surface area contributed by atoms with Gasteiger partial charge < -0.3 is 5.32 Å². The zero-order valence-electron chi connectivity index (χ0n) is 6.47. The summed E-state index contributed by atoms with van der Waals surface area (Å²) in [4.78, 5) is 2.43. The fraction of sp³-hybridized carbons (Fsp3) is 0.750. The lowest BCUT2D eigenvalue weighted by atomic mass is 10.3. The van der Waals surface area contributed by atoms with Gasteiger partial charge in [0.25, 0.3) is 0 Å². The second kappa shape index (κ2) is 4.47. The van der Waals surface area contributed by atoms with Crippen LogP contribution in [-0.2, 0) is 0 Å². The molecule has 1 aliphatic rings. The molecule has 0 aromatic rings. The summed E-state index contributed by atoms with van der Waals surface area (Å²) in [6.45, 7) is 8.37. The van der Waals surface area contributed by atoms with E-state index < -0.39 is 0 Å². The molecular formula is C8H16N2. The van der Waals surface area contributed by atoms with Gasteiger partial charge in [0.1, 0.15) is 0 Å². The van der Waals surface area contributed by atoms with E-state index in [0.29, 0.717) is 0 Å². The third kappa shape index (κ3) is 2.50. The Kier molecular flexibility index (Phi) is 3.47. The van der Waals surface area contributed by atoms with E-state index in [-0.39, 0.29) is 0 Å².